The van der Waals surface area contributed by atoms with Crippen LogP contribution < -0.4 is 11.3 Å². The van der Waals surface area contributed by atoms with E-state index < -0.39 is 0 Å². The highest BCUT2D eigenvalue weighted by molar-refractivity contribution is 5.75. The van der Waals surface area contributed by atoms with Crippen LogP contribution in [0.5, 0.6) is 0 Å². The van der Waals surface area contributed by atoms with Gasteiger partial charge in [-0.15, -0.1) is 0 Å². The first-order chi connectivity index (χ1) is 7.02. The Bertz CT molecular complexity index is 236. The fraction of sp³-hybridized carbons (Fsp3) is 0.800. The zero-order chi connectivity index (χ0) is 11.8. The average molecular weight is 212 g/mol. The summed E-state index contributed by atoms with van der Waals surface area (Å²) < 4.78 is 0. The molecule has 3 N–H and O–H groups in total. The highest BCUT2D eigenvalue weighted by Crippen LogP contribution is 2.10. The summed E-state index contributed by atoms with van der Waals surface area (Å²) in [5.74, 6) is 4.84. The van der Waals surface area contributed by atoms with E-state index in [1.807, 2.05) is 20.9 Å². The van der Waals surface area contributed by atoms with Gasteiger partial charge in [-0.2, -0.15) is 5.26 Å². The van der Waals surface area contributed by atoms with Crippen molar-refractivity contribution in [3.05, 3.63) is 0 Å². The number of carbonyl (C=O) groups excluding carboxylic acids is 1. The third-order valence-corrected chi connectivity index (χ3v) is 2.73. The van der Waals surface area contributed by atoms with Crippen LogP contribution >= 0.6 is 0 Å². The lowest BCUT2D eigenvalue weighted by Crippen LogP contribution is -2.38. The van der Waals surface area contributed by atoms with E-state index in [1.165, 1.54) is 0 Å². The lowest BCUT2D eigenvalue weighted by molar-refractivity contribution is -0.121. The van der Waals surface area contributed by atoms with Crippen LogP contribution in [0.1, 0.15) is 33.1 Å². The van der Waals surface area contributed by atoms with Gasteiger partial charge in [0, 0.05) is 18.5 Å². The molecule has 0 aromatic rings. The van der Waals surface area contributed by atoms with Crippen molar-refractivity contribution < 1.29 is 4.79 Å². The van der Waals surface area contributed by atoms with E-state index in [-0.39, 0.29) is 18.0 Å². The molecule has 0 spiro atoms. The number of nitrogens with one attached hydrogen (secondary N) is 1. The van der Waals surface area contributed by atoms with Crippen LogP contribution in [0.3, 0.4) is 0 Å². The van der Waals surface area contributed by atoms with E-state index in [0.29, 0.717) is 12.8 Å². The van der Waals surface area contributed by atoms with Crippen molar-refractivity contribution in [1.82, 2.24) is 10.3 Å². The Morgan fingerprint density at radius 1 is 1.53 bits per heavy atom. The molecular weight excluding hydrogens is 192 g/mol. The summed E-state index contributed by atoms with van der Waals surface area (Å²) in [5.41, 5.74) is 2.10. The second-order valence-electron chi connectivity index (χ2n) is 3.83. The van der Waals surface area contributed by atoms with Gasteiger partial charge in [0.1, 0.15) is 0 Å². The molecule has 5 heteroatoms. The average Bonchev–Trinajstić information content (AvgIpc) is 2.24. The van der Waals surface area contributed by atoms with Gasteiger partial charge in [-0.25, -0.2) is 5.84 Å². The molecule has 2 atom stereocenters. The number of nitriles is 1. The minimum Gasteiger partial charge on any atom is -0.300 e. The molecule has 0 bridgehead atoms. The lowest BCUT2D eigenvalue weighted by atomic mass is 10.1. The summed E-state index contributed by atoms with van der Waals surface area (Å²) in [7, 11) is 1.97. The maximum Gasteiger partial charge on any atom is 0.233 e. The van der Waals surface area contributed by atoms with Crippen molar-refractivity contribution in [2.45, 2.75) is 45.2 Å². The van der Waals surface area contributed by atoms with E-state index in [9.17, 15) is 4.79 Å². The number of nitrogens with two attached hydrogens (primary N) is 1. The Hall–Kier alpha value is -1.12. The summed E-state index contributed by atoms with van der Waals surface area (Å²) in [6, 6.07) is 2.62. The summed E-state index contributed by atoms with van der Waals surface area (Å²) in [6.45, 7) is 4.04. The number of hydrogen-bond acceptors (Lipinski definition) is 4. The van der Waals surface area contributed by atoms with Gasteiger partial charge in [0.2, 0.25) is 5.91 Å². The third-order valence-electron chi connectivity index (χ3n) is 2.73. The summed E-state index contributed by atoms with van der Waals surface area (Å²) in [4.78, 5) is 13.0. The van der Waals surface area contributed by atoms with Gasteiger partial charge < -0.3 is 0 Å². The smallest absolute Gasteiger partial charge is 0.233 e. The van der Waals surface area contributed by atoms with E-state index in [4.69, 9.17) is 11.1 Å². The zero-order valence-corrected chi connectivity index (χ0v) is 9.66. The predicted molar refractivity (Wildman–Crippen MR) is 58.5 cm³/mol. The van der Waals surface area contributed by atoms with Gasteiger partial charge >= 0.3 is 0 Å². The lowest BCUT2D eigenvalue weighted by Gasteiger charge is -2.29. The van der Waals surface area contributed by atoms with E-state index in [1.54, 1.807) is 0 Å². The minimum absolute atomic E-state index is 0.150. The van der Waals surface area contributed by atoms with Crippen LogP contribution in [0.2, 0.25) is 0 Å². The van der Waals surface area contributed by atoms with E-state index >= 15 is 0 Å². The molecule has 0 fully saturated rings. The van der Waals surface area contributed by atoms with Crippen molar-refractivity contribution in [2.24, 2.45) is 5.84 Å². The van der Waals surface area contributed by atoms with Gasteiger partial charge in [-0.1, -0.05) is 0 Å². The molecule has 0 saturated heterocycles. The van der Waals surface area contributed by atoms with Crippen molar-refractivity contribution in [3.63, 3.8) is 0 Å². The highest BCUT2D eigenvalue weighted by atomic mass is 16.2. The number of nitrogens with zero attached hydrogens (tertiary/aromatic N) is 2. The minimum atomic E-state index is -0.150. The van der Waals surface area contributed by atoms with Gasteiger partial charge in [0.05, 0.1) is 12.5 Å². The largest absolute Gasteiger partial charge is 0.300 e. The normalized spacial score (nSPS) is 14.4. The molecule has 0 aromatic heterocycles. The molecule has 0 saturated carbocycles. The molecular formula is C10H20N4O. The fourth-order valence-electron chi connectivity index (χ4n) is 1.33. The van der Waals surface area contributed by atoms with E-state index in [2.05, 4.69) is 16.4 Å². The third kappa shape index (κ3) is 5.35. The quantitative estimate of drug-likeness (QED) is 0.379. The predicted octanol–water partition coefficient (Wildman–Crippen LogP) is 0.379. The van der Waals surface area contributed by atoms with Crippen molar-refractivity contribution in [3.8, 4) is 6.07 Å². The molecule has 0 aliphatic rings. The Labute approximate surface area is 91.2 Å². The molecule has 5 nitrogen and oxygen atoms in total. The Kier molecular flexibility index (Phi) is 6.67. The second kappa shape index (κ2) is 7.21. The molecule has 86 valence electrons. The number of carbonyl (C=O) groups is 1. The molecule has 0 aliphatic carbocycles. The van der Waals surface area contributed by atoms with Gasteiger partial charge in [-0.05, 0) is 27.3 Å². The van der Waals surface area contributed by atoms with Crippen molar-refractivity contribution in [1.29, 1.82) is 5.26 Å². The van der Waals surface area contributed by atoms with Crippen molar-refractivity contribution >= 4 is 5.91 Å². The topological polar surface area (TPSA) is 82.2 Å². The number of rotatable bonds is 6. The fourth-order valence-corrected chi connectivity index (χ4v) is 1.33. The maximum atomic E-state index is 10.9. The van der Waals surface area contributed by atoms with Gasteiger partial charge in [-0.3, -0.25) is 15.1 Å². The van der Waals surface area contributed by atoms with Gasteiger partial charge in [0.15, 0.2) is 0 Å². The Morgan fingerprint density at radius 2 is 2.13 bits per heavy atom. The Balaban J connectivity index is 3.93. The highest BCUT2D eigenvalue weighted by Gasteiger charge is 2.16. The SMILES string of the molecule is CC(CC#N)N(C)C(C)CCC(=O)NN. The van der Waals surface area contributed by atoms with Crippen LogP contribution in [0.15, 0.2) is 0 Å². The summed E-state index contributed by atoms with van der Waals surface area (Å²) >= 11 is 0. The van der Waals surface area contributed by atoms with Crippen LogP contribution in [0.25, 0.3) is 0 Å². The maximum absolute atomic E-state index is 10.9. The molecule has 1 amide bonds. The Morgan fingerprint density at radius 3 is 2.60 bits per heavy atom. The monoisotopic (exact) mass is 212 g/mol. The number of hydrazine groups is 1. The van der Waals surface area contributed by atoms with Crippen LogP contribution in [-0.4, -0.2) is 29.9 Å². The van der Waals surface area contributed by atoms with Gasteiger partial charge in [0.25, 0.3) is 0 Å². The number of hydrogen-bond donors (Lipinski definition) is 2. The molecule has 15 heavy (non-hydrogen) atoms. The first kappa shape index (κ1) is 13.9. The standard InChI is InChI=1S/C10H20N4O/c1-8(4-5-10(15)13-12)14(3)9(2)6-7-11/h8-9H,4-6,12H2,1-3H3,(H,13,15). The van der Waals surface area contributed by atoms with Crippen LogP contribution in [0.4, 0.5) is 0 Å². The molecule has 0 aliphatic heterocycles. The molecule has 0 aromatic carbocycles. The molecule has 2 unspecified atom stereocenters. The summed E-state index contributed by atoms with van der Waals surface area (Å²) in [6.07, 6.45) is 1.67. The molecule has 0 heterocycles. The van der Waals surface area contributed by atoms with Crippen LogP contribution in [0, 0.1) is 11.3 Å². The second-order valence-corrected chi connectivity index (χ2v) is 3.83. The number of amides is 1. The first-order valence-electron chi connectivity index (χ1n) is 5.11. The zero-order valence-electron chi connectivity index (χ0n) is 9.66. The first-order valence-corrected chi connectivity index (χ1v) is 5.11. The molecule has 0 radical (unpaired) electrons. The van der Waals surface area contributed by atoms with Crippen LogP contribution in [-0.2, 0) is 4.79 Å². The summed E-state index contributed by atoms with van der Waals surface area (Å²) in [5, 5.41) is 8.57. The van der Waals surface area contributed by atoms with E-state index in [0.717, 1.165) is 6.42 Å². The molecule has 0 rings (SSSR count). The van der Waals surface area contributed by atoms with Crippen molar-refractivity contribution in [2.75, 3.05) is 7.05 Å².